The zero-order valence-corrected chi connectivity index (χ0v) is 14.9. The number of nitrogens with one attached hydrogen (secondary N) is 1. The van der Waals surface area contributed by atoms with Crippen molar-refractivity contribution in [3.63, 3.8) is 0 Å². The molecule has 0 saturated carbocycles. The number of rotatable bonds is 2. The van der Waals surface area contributed by atoms with E-state index in [4.69, 9.17) is 4.99 Å². The van der Waals surface area contributed by atoms with E-state index in [9.17, 15) is 4.39 Å². The second kappa shape index (κ2) is 6.30. The molecule has 4 rings (SSSR count). The summed E-state index contributed by atoms with van der Waals surface area (Å²) < 4.78 is 13.7. The lowest BCUT2D eigenvalue weighted by atomic mass is 9.88. The van der Waals surface area contributed by atoms with Gasteiger partial charge in [-0.3, -0.25) is 4.99 Å². The first-order valence-electron chi connectivity index (χ1n) is 8.61. The number of benzene rings is 1. The number of aryl methyl sites for hydroxylation is 1. The van der Waals surface area contributed by atoms with Crippen molar-refractivity contribution >= 4 is 33.4 Å². The van der Waals surface area contributed by atoms with Gasteiger partial charge in [0.1, 0.15) is 10.8 Å². The zero-order valence-electron chi connectivity index (χ0n) is 14.1. The van der Waals surface area contributed by atoms with Gasteiger partial charge < -0.3 is 10.2 Å². The quantitative estimate of drug-likeness (QED) is 0.834. The molecule has 0 atom stereocenters. The molecule has 1 N–H and O–H groups in total. The number of likely N-dealkylation sites (tertiary alicyclic amines) is 1. The average Bonchev–Trinajstić information content (AvgIpc) is 2.92. The first-order valence-corrected chi connectivity index (χ1v) is 9.42. The number of hydrogen-bond donors (Lipinski definition) is 1. The predicted molar refractivity (Wildman–Crippen MR) is 99.8 cm³/mol. The molecule has 1 aromatic heterocycles. The van der Waals surface area contributed by atoms with E-state index in [-0.39, 0.29) is 5.82 Å². The average molecular weight is 343 g/mol. The third-order valence-corrected chi connectivity index (χ3v) is 6.16. The molecule has 0 radical (unpaired) electrons. The Hall–Kier alpha value is -1.72. The van der Waals surface area contributed by atoms with E-state index < -0.39 is 0 Å². The summed E-state index contributed by atoms with van der Waals surface area (Å²) in [5, 5.41) is 4.64. The van der Waals surface area contributed by atoms with Crippen LogP contribution in [0.3, 0.4) is 0 Å². The van der Waals surface area contributed by atoms with Crippen LogP contribution in [0.5, 0.6) is 0 Å². The van der Waals surface area contributed by atoms with E-state index in [1.807, 2.05) is 0 Å². The van der Waals surface area contributed by atoms with Gasteiger partial charge >= 0.3 is 0 Å². The SMILES string of the molecule is CCc1cc2c(s1)Nc1ccc(F)cc1N=C2C1CCN(C)CC1. The Labute approximate surface area is 146 Å². The molecular weight excluding hydrogens is 321 g/mol. The van der Waals surface area contributed by atoms with E-state index in [0.717, 1.165) is 48.8 Å². The first kappa shape index (κ1) is 15.8. The molecule has 0 amide bonds. The van der Waals surface area contributed by atoms with Crippen molar-refractivity contribution in [1.29, 1.82) is 0 Å². The van der Waals surface area contributed by atoms with Crippen LogP contribution < -0.4 is 5.32 Å². The molecule has 2 aromatic rings. The maximum Gasteiger partial charge on any atom is 0.125 e. The van der Waals surface area contributed by atoms with Crippen LogP contribution in [0.15, 0.2) is 29.3 Å². The Morgan fingerprint density at radius 3 is 2.83 bits per heavy atom. The molecule has 1 fully saturated rings. The van der Waals surface area contributed by atoms with Gasteiger partial charge in [0.15, 0.2) is 0 Å². The Balaban J connectivity index is 1.82. The topological polar surface area (TPSA) is 27.6 Å². The summed E-state index contributed by atoms with van der Waals surface area (Å²) in [6, 6.07) is 7.09. The van der Waals surface area contributed by atoms with Gasteiger partial charge in [0.05, 0.1) is 17.1 Å². The monoisotopic (exact) mass is 343 g/mol. The standard InChI is InChI=1S/C19H22FN3S/c1-3-14-11-15-18(12-6-8-23(2)9-7-12)21-17-10-13(20)4-5-16(17)22-19(15)24-14/h4-5,10-12,22H,3,6-9H2,1-2H3. The third-order valence-electron chi connectivity index (χ3n) is 4.96. The molecule has 2 aliphatic rings. The number of halogens is 1. The highest BCUT2D eigenvalue weighted by atomic mass is 32.1. The van der Waals surface area contributed by atoms with Gasteiger partial charge in [-0.2, -0.15) is 0 Å². The minimum atomic E-state index is -0.235. The fourth-order valence-corrected chi connectivity index (χ4v) is 4.53. The van der Waals surface area contributed by atoms with Gasteiger partial charge in [0, 0.05) is 22.4 Å². The van der Waals surface area contributed by atoms with Crippen molar-refractivity contribution in [3.05, 3.63) is 40.5 Å². The molecule has 0 bridgehead atoms. The maximum atomic E-state index is 13.7. The molecule has 24 heavy (non-hydrogen) atoms. The second-order valence-corrected chi connectivity index (χ2v) is 7.81. The molecule has 3 nitrogen and oxygen atoms in total. The number of anilines is 2. The summed E-state index contributed by atoms with van der Waals surface area (Å²) in [5.41, 5.74) is 3.95. The lowest BCUT2D eigenvalue weighted by Crippen LogP contribution is -2.33. The summed E-state index contributed by atoms with van der Waals surface area (Å²) >= 11 is 1.79. The zero-order chi connectivity index (χ0) is 16.7. The normalized spacial score (nSPS) is 18.4. The Morgan fingerprint density at radius 1 is 1.29 bits per heavy atom. The maximum absolute atomic E-state index is 13.7. The fourth-order valence-electron chi connectivity index (χ4n) is 3.51. The first-order chi connectivity index (χ1) is 11.6. The smallest absolute Gasteiger partial charge is 0.125 e. The highest BCUT2D eigenvalue weighted by Crippen LogP contribution is 2.41. The molecule has 5 heteroatoms. The van der Waals surface area contributed by atoms with Crippen molar-refractivity contribution in [1.82, 2.24) is 4.90 Å². The van der Waals surface area contributed by atoms with E-state index in [1.54, 1.807) is 17.4 Å². The van der Waals surface area contributed by atoms with E-state index in [2.05, 4.69) is 30.3 Å². The number of hydrogen-bond acceptors (Lipinski definition) is 4. The van der Waals surface area contributed by atoms with Crippen molar-refractivity contribution < 1.29 is 4.39 Å². The van der Waals surface area contributed by atoms with Gasteiger partial charge in [-0.25, -0.2) is 4.39 Å². The van der Waals surface area contributed by atoms with Crippen LogP contribution in [-0.4, -0.2) is 30.7 Å². The molecule has 126 valence electrons. The van der Waals surface area contributed by atoms with Gasteiger partial charge in [-0.15, -0.1) is 11.3 Å². The Morgan fingerprint density at radius 2 is 2.08 bits per heavy atom. The molecular formula is C19H22FN3S. The van der Waals surface area contributed by atoms with Gasteiger partial charge in [-0.1, -0.05) is 6.92 Å². The largest absolute Gasteiger partial charge is 0.345 e. The van der Waals surface area contributed by atoms with Gasteiger partial charge in [0.25, 0.3) is 0 Å². The summed E-state index contributed by atoms with van der Waals surface area (Å²) in [5.74, 6) is 0.205. The van der Waals surface area contributed by atoms with Crippen molar-refractivity contribution in [2.24, 2.45) is 10.9 Å². The van der Waals surface area contributed by atoms with Crippen molar-refractivity contribution in [3.8, 4) is 0 Å². The second-order valence-electron chi connectivity index (χ2n) is 6.67. The van der Waals surface area contributed by atoms with Gasteiger partial charge in [-0.05, 0) is 57.6 Å². The minimum Gasteiger partial charge on any atom is -0.345 e. The van der Waals surface area contributed by atoms with E-state index in [0.29, 0.717) is 11.6 Å². The Kier molecular flexibility index (Phi) is 4.14. The lowest BCUT2D eigenvalue weighted by Gasteiger charge is -2.29. The van der Waals surface area contributed by atoms with Crippen LogP contribution >= 0.6 is 11.3 Å². The van der Waals surface area contributed by atoms with Crippen LogP contribution in [0.25, 0.3) is 0 Å². The molecule has 1 saturated heterocycles. The molecule has 0 unspecified atom stereocenters. The van der Waals surface area contributed by atoms with Crippen LogP contribution in [0.4, 0.5) is 20.8 Å². The number of fused-ring (bicyclic) bond motifs is 2. The van der Waals surface area contributed by atoms with E-state index >= 15 is 0 Å². The highest BCUT2D eigenvalue weighted by molar-refractivity contribution is 7.16. The van der Waals surface area contributed by atoms with E-state index in [1.165, 1.54) is 22.6 Å². The minimum absolute atomic E-state index is 0.235. The van der Waals surface area contributed by atoms with Gasteiger partial charge in [0.2, 0.25) is 0 Å². The number of aliphatic imine (C=N–C) groups is 1. The predicted octanol–water partition coefficient (Wildman–Crippen LogP) is 4.97. The van der Waals surface area contributed by atoms with Crippen molar-refractivity contribution in [2.45, 2.75) is 26.2 Å². The fraction of sp³-hybridized carbons (Fsp3) is 0.421. The molecule has 0 aliphatic carbocycles. The van der Waals surface area contributed by atoms with Crippen LogP contribution in [0, 0.1) is 11.7 Å². The third kappa shape index (κ3) is 2.87. The lowest BCUT2D eigenvalue weighted by molar-refractivity contribution is 0.252. The van der Waals surface area contributed by atoms with Crippen LogP contribution in [0.2, 0.25) is 0 Å². The van der Waals surface area contributed by atoms with Crippen molar-refractivity contribution in [2.75, 3.05) is 25.5 Å². The number of nitrogens with zero attached hydrogens (tertiary/aromatic N) is 2. The number of piperidine rings is 1. The summed E-state index contributed by atoms with van der Waals surface area (Å²) in [7, 11) is 2.17. The summed E-state index contributed by atoms with van der Waals surface area (Å²) in [6.45, 7) is 4.36. The molecule has 0 spiro atoms. The number of thiophene rings is 1. The summed E-state index contributed by atoms with van der Waals surface area (Å²) in [6.07, 6.45) is 3.24. The Bertz CT molecular complexity index is 788. The molecule has 3 heterocycles. The molecule has 2 aliphatic heterocycles. The van der Waals surface area contributed by atoms with Crippen LogP contribution in [-0.2, 0) is 6.42 Å². The van der Waals surface area contributed by atoms with Crippen LogP contribution in [0.1, 0.15) is 30.2 Å². The summed E-state index contributed by atoms with van der Waals surface area (Å²) in [4.78, 5) is 8.67. The highest BCUT2D eigenvalue weighted by Gasteiger charge is 2.28. The molecule has 1 aromatic carbocycles.